The monoisotopic (exact) mass is 326 g/mol. The highest BCUT2D eigenvalue weighted by molar-refractivity contribution is 7.99. The largest absolute Gasteiger partial charge is 0.481 e. The van der Waals surface area contributed by atoms with Crippen LogP contribution in [0, 0.1) is 5.82 Å². The standard InChI is InChI=1S/C16H23FN2O2S/c1-18(2)10-13-12-22-9-5-8-19(13)16(20)11-21-15-7-4-3-6-14(15)17/h3-4,6-7,13H,5,8-12H2,1-2H3. The molecule has 1 aliphatic rings. The lowest BCUT2D eigenvalue weighted by atomic mass is 10.2. The molecular formula is C16H23FN2O2S. The Morgan fingerprint density at radius 3 is 2.95 bits per heavy atom. The first kappa shape index (κ1) is 17.1. The van der Waals surface area contributed by atoms with Gasteiger partial charge in [-0.2, -0.15) is 11.8 Å². The molecule has 0 saturated carbocycles. The maximum Gasteiger partial charge on any atom is 0.260 e. The number of para-hydroxylation sites is 1. The molecule has 122 valence electrons. The number of carbonyl (C=O) groups is 1. The maximum atomic E-state index is 13.5. The number of nitrogens with zero attached hydrogens (tertiary/aromatic N) is 2. The predicted molar refractivity (Wildman–Crippen MR) is 87.9 cm³/mol. The van der Waals surface area contributed by atoms with E-state index in [1.165, 1.54) is 12.1 Å². The summed E-state index contributed by atoms with van der Waals surface area (Å²) in [5.41, 5.74) is 0. The van der Waals surface area contributed by atoms with Crippen LogP contribution < -0.4 is 4.74 Å². The molecule has 0 aliphatic carbocycles. The summed E-state index contributed by atoms with van der Waals surface area (Å²) in [4.78, 5) is 16.5. The van der Waals surface area contributed by atoms with Crippen molar-refractivity contribution >= 4 is 17.7 Å². The summed E-state index contributed by atoms with van der Waals surface area (Å²) in [6.45, 7) is 1.46. The molecule has 1 unspecified atom stereocenters. The van der Waals surface area contributed by atoms with Crippen molar-refractivity contribution < 1.29 is 13.9 Å². The summed E-state index contributed by atoms with van der Waals surface area (Å²) in [5, 5.41) is 0. The predicted octanol–water partition coefficient (Wildman–Crippen LogP) is 2.10. The maximum absolute atomic E-state index is 13.5. The minimum atomic E-state index is -0.438. The molecule has 2 rings (SSSR count). The Morgan fingerprint density at radius 1 is 1.45 bits per heavy atom. The van der Waals surface area contributed by atoms with Gasteiger partial charge < -0.3 is 14.5 Å². The molecule has 1 aliphatic heterocycles. The average molecular weight is 326 g/mol. The summed E-state index contributed by atoms with van der Waals surface area (Å²) in [5.74, 6) is 1.62. The lowest BCUT2D eigenvalue weighted by Crippen LogP contribution is -2.48. The van der Waals surface area contributed by atoms with Gasteiger partial charge in [0.05, 0.1) is 6.04 Å². The fourth-order valence-corrected chi connectivity index (χ4v) is 3.57. The molecule has 0 bridgehead atoms. The second-order valence-electron chi connectivity index (χ2n) is 5.65. The molecule has 1 aromatic rings. The van der Waals surface area contributed by atoms with Crippen molar-refractivity contribution in [1.82, 2.24) is 9.80 Å². The first-order valence-electron chi connectivity index (χ1n) is 7.47. The normalized spacial score (nSPS) is 19.1. The highest BCUT2D eigenvalue weighted by Crippen LogP contribution is 2.19. The van der Waals surface area contributed by atoms with Crippen LogP contribution in [0.3, 0.4) is 0 Å². The smallest absolute Gasteiger partial charge is 0.260 e. The van der Waals surface area contributed by atoms with Crippen LogP contribution in [0.4, 0.5) is 4.39 Å². The molecular weight excluding hydrogens is 303 g/mol. The van der Waals surface area contributed by atoms with Gasteiger partial charge in [0.15, 0.2) is 18.2 Å². The van der Waals surface area contributed by atoms with Gasteiger partial charge >= 0.3 is 0 Å². The molecule has 0 N–H and O–H groups in total. The second kappa shape index (κ2) is 8.39. The molecule has 6 heteroatoms. The second-order valence-corrected chi connectivity index (χ2v) is 6.80. The summed E-state index contributed by atoms with van der Waals surface area (Å²) in [6.07, 6.45) is 0.986. The average Bonchev–Trinajstić information content (AvgIpc) is 2.71. The van der Waals surface area contributed by atoms with Gasteiger partial charge in [0.1, 0.15) is 0 Å². The van der Waals surface area contributed by atoms with E-state index >= 15 is 0 Å². The highest BCUT2D eigenvalue weighted by Gasteiger charge is 2.26. The van der Waals surface area contributed by atoms with Crippen LogP contribution in [0.1, 0.15) is 6.42 Å². The van der Waals surface area contributed by atoms with Gasteiger partial charge in [-0.3, -0.25) is 4.79 Å². The summed E-state index contributed by atoms with van der Waals surface area (Å²) in [7, 11) is 4.02. The Morgan fingerprint density at radius 2 is 2.23 bits per heavy atom. The molecule has 0 radical (unpaired) electrons. The first-order chi connectivity index (χ1) is 10.6. The fourth-order valence-electron chi connectivity index (χ4n) is 2.51. The first-order valence-corrected chi connectivity index (χ1v) is 8.62. The summed E-state index contributed by atoms with van der Waals surface area (Å²) < 4.78 is 18.9. The minimum absolute atomic E-state index is 0.0717. The van der Waals surface area contributed by atoms with Gasteiger partial charge in [-0.1, -0.05) is 12.1 Å². The van der Waals surface area contributed by atoms with E-state index in [0.29, 0.717) is 0 Å². The number of hydrogen-bond acceptors (Lipinski definition) is 4. The highest BCUT2D eigenvalue weighted by atomic mass is 32.2. The minimum Gasteiger partial charge on any atom is -0.481 e. The molecule has 4 nitrogen and oxygen atoms in total. The van der Waals surface area contributed by atoms with Crippen LogP contribution in [0.15, 0.2) is 24.3 Å². The van der Waals surface area contributed by atoms with Crippen molar-refractivity contribution in [3.05, 3.63) is 30.1 Å². The molecule has 1 atom stereocenters. The molecule has 22 heavy (non-hydrogen) atoms. The molecule has 1 saturated heterocycles. The van der Waals surface area contributed by atoms with E-state index in [1.807, 2.05) is 30.8 Å². The Balaban J connectivity index is 1.97. The van der Waals surface area contributed by atoms with E-state index in [1.54, 1.807) is 12.1 Å². The molecule has 1 fully saturated rings. The van der Waals surface area contributed by atoms with Gasteiger partial charge in [0, 0.05) is 18.8 Å². The molecule has 1 aromatic carbocycles. The Hall–Kier alpha value is -1.27. The lowest BCUT2D eigenvalue weighted by molar-refractivity contribution is -0.135. The van der Waals surface area contributed by atoms with Crippen LogP contribution in [0.2, 0.25) is 0 Å². The zero-order valence-corrected chi connectivity index (χ0v) is 13.9. The van der Waals surface area contributed by atoms with E-state index in [2.05, 4.69) is 4.90 Å². The number of thioether (sulfide) groups is 1. The SMILES string of the molecule is CN(C)CC1CSCCCN1C(=O)COc1ccccc1F. The third-order valence-corrected chi connectivity index (χ3v) is 4.72. The van der Waals surface area contributed by atoms with Crippen molar-refractivity contribution in [1.29, 1.82) is 0 Å². The number of rotatable bonds is 5. The number of halogens is 1. The zero-order chi connectivity index (χ0) is 15.9. The number of amides is 1. The van der Waals surface area contributed by atoms with E-state index in [9.17, 15) is 9.18 Å². The molecule has 0 spiro atoms. The number of likely N-dealkylation sites (N-methyl/N-ethyl adjacent to an activating group) is 1. The number of hydrogen-bond donors (Lipinski definition) is 0. The number of benzene rings is 1. The van der Waals surface area contributed by atoms with Gasteiger partial charge in [-0.05, 0) is 38.4 Å². The van der Waals surface area contributed by atoms with Gasteiger partial charge in [0.2, 0.25) is 0 Å². The van der Waals surface area contributed by atoms with Crippen LogP contribution in [0.25, 0.3) is 0 Å². The van der Waals surface area contributed by atoms with Gasteiger partial charge in [-0.25, -0.2) is 4.39 Å². The lowest BCUT2D eigenvalue weighted by Gasteiger charge is -2.31. The third-order valence-electron chi connectivity index (χ3n) is 3.52. The van der Waals surface area contributed by atoms with E-state index in [4.69, 9.17) is 4.74 Å². The Bertz CT molecular complexity index is 499. The summed E-state index contributed by atoms with van der Waals surface area (Å²) >= 11 is 1.88. The number of carbonyl (C=O) groups excluding carboxylic acids is 1. The van der Waals surface area contributed by atoms with Crippen LogP contribution in [-0.4, -0.2) is 67.0 Å². The van der Waals surface area contributed by atoms with Crippen molar-refractivity contribution in [3.8, 4) is 5.75 Å². The quantitative estimate of drug-likeness (QED) is 0.830. The van der Waals surface area contributed by atoms with Crippen LogP contribution in [-0.2, 0) is 4.79 Å². The van der Waals surface area contributed by atoms with Gasteiger partial charge in [-0.15, -0.1) is 0 Å². The van der Waals surface area contributed by atoms with E-state index in [-0.39, 0.29) is 24.3 Å². The van der Waals surface area contributed by atoms with Gasteiger partial charge in [0.25, 0.3) is 5.91 Å². The van der Waals surface area contributed by atoms with Crippen molar-refractivity contribution in [2.75, 3.05) is 45.3 Å². The molecule has 1 amide bonds. The van der Waals surface area contributed by atoms with Crippen molar-refractivity contribution in [2.24, 2.45) is 0 Å². The number of ether oxygens (including phenoxy) is 1. The Labute approximate surface area is 135 Å². The Kier molecular flexibility index (Phi) is 6.51. The van der Waals surface area contributed by atoms with Crippen LogP contribution >= 0.6 is 11.8 Å². The fraction of sp³-hybridized carbons (Fsp3) is 0.562. The van der Waals surface area contributed by atoms with E-state index < -0.39 is 5.82 Å². The van der Waals surface area contributed by atoms with Crippen LogP contribution in [0.5, 0.6) is 5.75 Å². The van der Waals surface area contributed by atoms with E-state index in [0.717, 1.165) is 31.0 Å². The molecule has 1 heterocycles. The topological polar surface area (TPSA) is 32.8 Å². The zero-order valence-electron chi connectivity index (χ0n) is 13.1. The summed E-state index contributed by atoms with van der Waals surface area (Å²) in [6, 6.07) is 6.35. The van der Waals surface area contributed by atoms with Crippen molar-refractivity contribution in [2.45, 2.75) is 12.5 Å². The third kappa shape index (κ3) is 4.88. The molecule has 0 aromatic heterocycles. The van der Waals surface area contributed by atoms with Crippen molar-refractivity contribution in [3.63, 3.8) is 0 Å².